The molecule has 0 N–H and O–H groups in total. The van der Waals surface area contributed by atoms with E-state index in [9.17, 15) is 4.79 Å². The van der Waals surface area contributed by atoms with Gasteiger partial charge in [0, 0.05) is 52.0 Å². The molecular weight excluding hydrogens is 406 g/mol. The number of carbonyl (C=O) groups is 1. The van der Waals surface area contributed by atoms with E-state index in [1.807, 2.05) is 54.4 Å². The van der Waals surface area contributed by atoms with Gasteiger partial charge in [-0.3, -0.25) is 9.69 Å². The first-order chi connectivity index (χ1) is 15.5. The lowest BCUT2D eigenvalue weighted by molar-refractivity contribution is -0.135. The SMILES string of the molecule is COc1ccc(-c2cnc(N(C)C)nc2[C@@H]2CN(CC(=O)N3CCCCC3)CCO2)cc1. The van der Waals surface area contributed by atoms with E-state index in [1.54, 1.807) is 7.11 Å². The van der Waals surface area contributed by atoms with Crippen molar-refractivity contribution < 1.29 is 14.3 Å². The highest BCUT2D eigenvalue weighted by Crippen LogP contribution is 2.32. The maximum atomic E-state index is 12.8. The van der Waals surface area contributed by atoms with E-state index >= 15 is 0 Å². The number of aromatic nitrogens is 2. The quantitative estimate of drug-likeness (QED) is 0.685. The number of hydrogen-bond donors (Lipinski definition) is 0. The van der Waals surface area contributed by atoms with Gasteiger partial charge in [0.2, 0.25) is 11.9 Å². The Morgan fingerprint density at radius 2 is 1.91 bits per heavy atom. The third-order valence-electron chi connectivity index (χ3n) is 6.13. The van der Waals surface area contributed by atoms with Crippen LogP contribution in [0.3, 0.4) is 0 Å². The van der Waals surface area contributed by atoms with E-state index < -0.39 is 0 Å². The summed E-state index contributed by atoms with van der Waals surface area (Å²) in [5.74, 6) is 1.66. The van der Waals surface area contributed by atoms with E-state index in [-0.39, 0.29) is 12.0 Å². The molecule has 0 radical (unpaired) electrons. The molecule has 0 unspecified atom stereocenters. The van der Waals surface area contributed by atoms with Crippen molar-refractivity contribution >= 4 is 11.9 Å². The number of morpholine rings is 1. The molecule has 2 aliphatic rings. The lowest BCUT2D eigenvalue weighted by Crippen LogP contribution is -2.47. The van der Waals surface area contributed by atoms with Crippen molar-refractivity contribution in [2.24, 2.45) is 0 Å². The molecule has 4 rings (SSSR count). The number of likely N-dealkylation sites (tertiary alicyclic amines) is 1. The van der Waals surface area contributed by atoms with Crippen LogP contribution in [0.5, 0.6) is 5.75 Å². The average molecular weight is 440 g/mol. The molecular formula is C24H33N5O3. The maximum Gasteiger partial charge on any atom is 0.236 e. The molecule has 2 aliphatic heterocycles. The summed E-state index contributed by atoms with van der Waals surface area (Å²) in [5.41, 5.74) is 2.80. The van der Waals surface area contributed by atoms with Crippen LogP contribution in [0.4, 0.5) is 5.95 Å². The molecule has 3 heterocycles. The molecule has 2 fully saturated rings. The summed E-state index contributed by atoms with van der Waals surface area (Å²) in [5, 5.41) is 0. The van der Waals surface area contributed by atoms with Gasteiger partial charge in [0.05, 0.1) is 26.0 Å². The number of hydrogen-bond acceptors (Lipinski definition) is 7. The molecule has 0 saturated carbocycles. The molecule has 32 heavy (non-hydrogen) atoms. The van der Waals surface area contributed by atoms with Crippen LogP contribution in [0.25, 0.3) is 11.1 Å². The Morgan fingerprint density at radius 3 is 2.59 bits per heavy atom. The lowest BCUT2D eigenvalue weighted by Gasteiger charge is -2.35. The van der Waals surface area contributed by atoms with Gasteiger partial charge in [-0.25, -0.2) is 9.97 Å². The van der Waals surface area contributed by atoms with Gasteiger partial charge >= 0.3 is 0 Å². The Labute approximate surface area is 190 Å². The molecule has 8 nitrogen and oxygen atoms in total. The maximum absolute atomic E-state index is 12.8. The van der Waals surface area contributed by atoms with Crippen LogP contribution in [0.15, 0.2) is 30.5 Å². The van der Waals surface area contributed by atoms with Crippen molar-refractivity contribution in [2.75, 3.05) is 65.4 Å². The number of anilines is 1. The minimum Gasteiger partial charge on any atom is -0.497 e. The number of methoxy groups -OCH3 is 1. The van der Waals surface area contributed by atoms with Crippen LogP contribution in [-0.2, 0) is 9.53 Å². The van der Waals surface area contributed by atoms with E-state index in [1.165, 1.54) is 6.42 Å². The topological polar surface area (TPSA) is 71.0 Å². The van der Waals surface area contributed by atoms with Crippen molar-refractivity contribution in [3.8, 4) is 16.9 Å². The summed E-state index contributed by atoms with van der Waals surface area (Å²) in [6.45, 7) is 4.15. The van der Waals surface area contributed by atoms with Crippen molar-refractivity contribution in [2.45, 2.75) is 25.4 Å². The third kappa shape index (κ3) is 5.19. The second-order valence-corrected chi connectivity index (χ2v) is 8.63. The zero-order chi connectivity index (χ0) is 22.5. The first-order valence-corrected chi connectivity index (χ1v) is 11.4. The van der Waals surface area contributed by atoms with Crippen LogP contribution >= 0.6 is 0 Å². The predicted molar refractivity (Wildman–Crippen MR) is 124 cm³/mol. The molecule has 2 aromatic rings. The highest BCUT2D eigenvalue weighted by molar-refractivity contribution is 5.78. The zero-order valence-corrected chi connectivity index (χ0v) is 19.3. The monoisotopic (exact) mass is 439 g/mol. The molecule has 172 valence electrons. The van der Waals surface area contributed by atoms with Crippen molar-refractivity contribution in [1.29, 1.82) is 0 Å². The number of rotatable bonds is 6. The van der Waals surface area contributed by atoms with Crippen molar-refractivity contribution in [3.05, 3.63) is 36.2 Å². The van der Waals surface area contributed by atoms with Crippen LogP contribution < -0.4 is 9.64 Å². The summed E-state index contributed by atoms with van der Waals surface area (Å²) in [6, 6.07) is 7.89. The normalized spacial score (nSPS) is 19.6. The highest BCUT2D eigenvalue weighted by atomic mass is 16.5. The van der Waals surface area contributed by atoms with E-state index in [0.29, 0.717) is 25.6 Å². The third-order valence-corrected chi connectivity index (χ3v) is 6.13. The predicted octanol–water partition coefficient (Wildman–Crippen LogP) is 2.60. The first kappa shape index (κ1) is 22.5. The zero-order valence-electron chi connectivity index (χ0n) is 19.3. The molecule has 1 atom stereocenters. The van der Waals surface area contributed by atoms with Crippen molar-refractivity contribution in [1.82, 2.24) is 19.8 Å². The summed E-state index contributed by atoms with van der Waals surface area (Å²) in [4.78, 5) is 28.3. The lowest BCUT2D eigenvalue weighted by atomic mass is 10.0. The van der Waals surface area contributed by atoms with E-state index in [2.05, 4.69) is 9.88 Å². The van der Waals surface area contributed by atoms with Gasteiger partial charge in [-0.1, -0.05) is 12.1 Å². The van der Waals surface area contributed by atoms with Crippen LogP contribution in [-0.4, -0.2) is 86.2 Å². The Kier molecular flexibility index (Phi) is 7.22. The van der Waals surface area contributed by atoms with Gasteiger partial charge in [0.1, 0.15) is 11.9 Å². The van der Waals surface area contributed by atoms with Crippen LogP contribution in [0, 0.1) is 0 Å². The summed E-state index contributed by atoms with van der Waals surface area (Å²) >= 11 is 0. The van der Waals surface area contributed by atoms with Crippen LogP contribution in [0.2, 0.25) is 0 Å². The molecule has 2 saturated heterocycles. The molecule has 0 bridgehead atoms. The highest BCUT2D eigenvalue weighted by Gasteiger charge is 2.29. The largest absolute Gasteiger partial charge is 0.497 e. The van der Waals surface area contributed by atoms with E-state index in [4.69, 9.17) is 14.5 Å². The Balaban J connectivity index is 1.56. The van der Waals surface area contributed by atoms with Gasteiger partial charge in [-0.05, 0) is 37.0 Å². The molecule has 1 aromatic carbocycles. The number of nitrogens with zero attached hydrogens (tertiary/aromatic N) is 5. The number of carbonyl (C=O) groups excluding carboxylic acids is 1. The Morgan fingerprint density at radius 1 is 1.16 bits per heavy atom. The van der Waals surface area contributed by atoms with E-state index in [0.717, 1.165) is 55.0 Å². The Bertz CT molecular complexity index is 912. The minimum atomic E-state index is -0.225. The number of amides is 1. The number of piperidine rings is 1. The summed E-state index contributed by atoms with van der Waals surface area (Å²) in [7, 11) is 5.51. The second-order valence-electron chi connectivity index (χ2n) is 8.63. The summed E-state index contributed by atoms with van der Waals surface area (Å²) < 4.78 is 11.5. The van der Waals surface area contributed by atoms with Gasteiger partial charge in [0.25, 0.3) is 0 Å². The smallest absolute Gasteiger partial charge is 0.236 e. The van der Waals surface area contributed by atoms with Gasteiger partial charge in [0.15, 0.2) is 0 Å². The molecule has 0 spiro atoms. The molecule has 0 aliphatic carbocycles. The Hall–Kier alpha value is -2.71. The van der Waals surface area contributed by atoms with Crippen LogP contribution in [0.1, 0.15) is 31.1 Å². The molecule has 1 amide bonds. The number of ether oxygens (including phenoxy) is 2. The van der Waals surface area contributed by atoms with Gasteiger partial charge in [-0.2, -0.15) is 0 Å². The summed E-state index contributed by atoms with van der Waals surface area (Å²) in [6.07, 6.45) is 5.07. The fraction of sp³-hybridized carbons (Fsp3) is 0.542. The number of benzene rings is 1. The fourth-order valence-corrected chi connectivity index (χ4v) is 4.29. The van der Waals surface area contributed by atoms with Crippen molar-refractivity contribution in [3.63, 3.8) is 0 Å². The molecule has 8 heteroatoms. The standard InChI is InChI=1S/C24H33N5O3/c1-27(2)24-25-15-20(18-7-9-19(31-3)10-8-18)23(26-24)21-16-28(13-14-32-21)17-22(30)29-11-5-4-6-12-29/h7-10,15,21H,4-6,11-14,16-17H2,1-3H3/t21-/m0/s1. The fourth-order valence-electron chi connectivity index (χ4n) is 4.29. The molecule has 1 aromatic heterocycles. The minimum absolute atomic E-state index is 0.220. The second kappa shape index (κ2) is 10.3. The van der Waals surface area contributed by atoms with Gasteiger partial charge < -0.3 is 19.3 Å². The first-order valence-electron chi connectivity index (χ1n) is 11.4. The average Bonchev–Trinajstić information content (AvgIpc) is 2.84. The van der Waals surface area contributed by atoms with Gasteiger partial charge in [-0.15, -0.1) is 0 Å².